The second-order valence-corrected chi connectivity index (χ2v) is 5.30. The van der Waals surface area contributed by atoms with Crippen LogP contribution in [0.1, 0.15) is 48.5 Å². The fourth-order valence-corrected chi connectivity index (χ4v) is 2.87. The van der Waals surface area contributed by atoms with Gasteiger partial charge < -0.3 is 9.67 Å². The second-order valence-electron chi connectivity index (χ2n) is 5.30. The van der Waals surface area contributed by atoms with Gasteiger partial charge >= 0.3 is 5.97 Å². The molecule has 0 unspecified atom stereocenters. The Bertz CT molecular complexity index is 555. The third-order valence-corrected chi connectivity index (χ3v) is 3.88. The Hall–Kier alpha value is -1.58. The van der Waals surface area contributed by atoms with E-state index in [-0.39, 0.29) is 12.0 Å². The molecule has 1 heterocycles. The minimum atomic E-state index is -0.840. The van der Waals surface area contributed by atoms with E-state index in [0.29, 0.717) is 18.0 Å². The maximum absolute atomic E-state index is 12.4. The van der Waals surface area contributed by atoms with Crippen molar-refractivity contribution in [1.82, 2.24) is 4.57 Å². The van der Waals surface area contributed by atoms with Crippen molar-refractivity contribution in [2.24, 2.45) is 0 Å². The average Bonchev–Trinajstić information content (AvgIpc) is 3.04. The Balaban J connectivity index is 2.02. The third kappa shape index (κ3) is 1.96. The monoisotopic (exact) mass is 247 g/mol. The molecule has 1 aromatic heterocycles. The number of aryl methyl sites for hydroxylation is 2. The molecule has 0 aliphatic heterocycles. The molecule has 1 aromatic rings. The fraction of sp³-hybridized carbons (Fsp3) is 0.571. The van der Waals surface area contributed by atoms with E-state index >= 15 is 0 Å². The molecule has 2 aliphatic carbocycles. The standard InChI is InChI=1S/C14H17NO3/c16-13(17)7-4-10-8-9-2-1-3-12(9)15(14(10)18)11-5-6-11/h8,11H,1-7H2,(H,16,17). The first-order valence-electron chi connectivity index (χ1n) is 6.65. The van der Waals surface area contributed by atoms with E-state index in [1.54, 1.807) is 0 Å². The molecule has 0 atom stereocenters. The van der Waals surface area contributed by atoms with Gasteiger partial charge in [0, 0.05) is 23.7 Å². The Morgan fingerprint density at radius 1 is 1.39 bits per heavy atom. The average molecular weight is 247 g/mol. The molecule has 0 spiro atoms. The minimum absolute atomic E-state index is 0.0404. The highest BCUT2D eigenvalue weighted by Crippen LogP contribution is 2.37. The van der Waals surface area contributed by atoms with Crippen LogP contribution in [0.25, 0.3) is 0 Å². The molecule has 96 valence electrons. The molecule has 1 fully saturated rings. The molecule has 4 nitrogen and oxygen atoms in total. The molecule has 1 N–H and O–H groups in total. The number of hydrogen-bond acceptors (Lipinski definition) is 2. The van der Waals surface area contributed by atoms with Crippen LogP contribution in [0.2, 0.25) is 0 Å². The van der Waals surface area contributed by atoms with Gasteiger partial charge in [-0.15, -0.1) is 0 Å². The summed E-state index contributed by atoms with van der Waals surface area (Å²) in [6.07, 6.45) is 5.73. The highest BCUT2D eigenvalue weighted by molar-refractivity contribution is 5.67. The zero-order valence-electron chi connectivity index (χ0n) is 10.3. The summed E-state index contributed by atoms with van der Waals surface area (Å²) in [6.45, 7) is 0. The predicted octanol–water partition coefficient (Wildman–Crippen LogP) is 1.69. The molecule has 2 aliphatic rings. The van der Waals surface area contributed by atoms with Crippen molar-refractivity contribution in [2.45, 2.75) is 51.0 Å². The largest absolute Gasteiger partial charge is 0.481 e. The summed E-state index contributed by atoms with van der Waals surface area (Å²) in [5.41, 5.74) is 3.22. The van der Waals surface area contributed by atoms with Gasteiger partial charge in [0.1, 0.15) is 0 Å². The Morgan fingerprint density at radius 3 is 2.83 bits per heavy atom. The summed E-state index contributed by atoms with van der Waals surface area (Å²) in [5, 5.41) is 8.74. The van der Waals surface area contributed by atoms with Crippen LogP contribution in [0.4, 0.5) is 0 Å². The summed E-state index contributed by atoms with van der Waals surface area (Å²) in [5.74, 6) is -0.840. The number of carboxylic acids is 1. The van der Waals surface area contributed by atoms with Crippen molar-refractivity contribution in [3.05, 3.63) is 33.2 Å². The van der Waals surface area contributed by atoms with E-state index in [1.165, 1.54) is 11.3 Å². The van der Waals surface area contributed by atoms with E-state index in [0.717, 1.165) is 32.1 Å². The molecule has 0 aromatic carbocycles. The van der Waals surface area contributed by atoms with Gasteiger partial charge in [-0.1, -0.05) is 0 Å². The van der Waals surface area contributed by atoms with E-state index in [4.69, 9.17) is 5.11 Å². The third-order valence-electron chi connectivity index (χ3n) is 3.88. The Kier molecular flexibility index (Phi) is 2.73. The number of nitrogens with zero attached hydrogens (tertiary/aromatic N) is 1. The van der Waals surface area contributed by atoms with Crippen LogP contribution in [0, 0.1) is 0 Å². The van der Waals surface area contributed by atoms with Crippen molar-refractivity contribution < 1.29 is 9.90 Å². The van der Waals surface area contributed by atoms with E-state index in [9.17, 15) is 9.59 Å². The number of carbonyl (C=O) groups is 1. The predicted molar refractivity (Wildman–Crippen MR) is 67.0 cm³/mol. The zero-order valence-corrected chi connectivity index (χ0v) is 10.3. The molecule has 0 radical (unpaired) electrons. The van der Waals surface area contributed by atoms with Gasteiger partial charge in [-0.2, -0.15) is 0 Å². The quantitative estimate of drug-likeness (QED) is 0.880. The van der Waals surface area contributed by atoms with Crippen molar-refractivity contribution in [2.75, 3.05) is 0 Å². The lowest BCUT2D eigenvalue weighted by atomic mass is 10.1. The second kappa shape index (κ2) is 4.26. The summed E-state index contributed by atoms with van der Waals surface area (Å²) in [6, 6.07) is 2.33. The normalized spacial score (nSPS) is 17.8. The fourth-order valence-electron chi connectivity index (χ4n) is 2.87. The SMILES string of the molecule is O=C(O)CCc1cc2c(n(C3CC3)c1=O)CCC2. The van der Waals surface area contributed by atoms with Gasteiger partial charge in [0.05, 0.1) is 0 Å². The number of aromatic nitrogens is 1. The Morgan fingerprint density at radius 2 is 2.17 bits per heavy atom. The first-order chi connectivity index (χ1) is 8.66. The van der Waals surface area contributed by atoms with Crippen molar-refractivity contribution in [3.63, 3.8) is 0 Å². The van der Waals surface area contributed by atoms with Crippen molar-refractivity contribution in [3.8, 4) is 0 Å². The Labute approximate surface area is 105 Å². The van der Waals surface area contributed by atoms with Gasteiger partial charge in [-0.05, 0) is 50.2 Å². The van der Waals surface area contributed by atoms with Gasteiger partial charge in [-0.3, -0.25) is 9.59 Å². The molecule has 0 amide bonds. The van der Waals surface area contributed by atoms with Crippen molar-refractivity contribution in [1.29, 1.82) is 0 Å². The molecule has 4 heteroatoms. The summed E-state index contributed by atoms with van der Waals surface area (Å²) < 4.78 is 1.96. The maximum Gasteiger partial charge on any atom is 0.303 e. The highest BCUT2D eigenvalue weighted by Gasteiger charge is 2.30. The number of rotatable bonds is 4. The maximum atomic E-state index is 12.4. The van der Waals surface area contributed by atoms with E-state index in [1.807, 2.05) is 10.6 Å². The smallest absolute Gasteiger partial charge is 0.303 e. The first-order valence-corrected chi connectivity index (χ1v) is 6.65. The van der Waals surface area contributed by atoms with Crippen LogP contribution in [0.5, 0.6) is 0 Å². The molecule has 3 rings (SSSR count). The molecular formula is C14H17NO3. The summed E-state index contributed by atoms with van der Waals surface area (Å²) in [4.78, 5) is 23.0. The van der Waals surface area contributed by atoms with Gasteiger partial charge in [0.2, 0.25) is 0 Å². The summed E-state index contributed by atoms with van der Waals surface area (Å²) >= 11 is 0. The van der Waals surface area contributed by atoms with E-state index in [2.05, 4.69) is 0 Å². The van der Waals surface area contributed by atoms with Crippen LogP contribution in [-0.2, 0) is 24.1 Å². The number of carboxylic acid groups (broad SMARTS) is 1. The minimum Gasteiger partial charge on any atom is -0.481 e. The van der Waals surface area contributed by atoms with Crippen LogP contribution in [0.3, 0.4) is 0 Å². The van der Waals surface area contributed by atoms with Gasteiger partial charge in [-0.25, -0.2) is 0 Å². The topological polar surface area (TPSA) is 59.3 Å². The van der Waals surface area contributed by atoms with Crippen LogP contribution in [-0.4, -0.2) is 15.6 Å². The molecule has 0 bridgehead atoms. The van der Waals surface area contributed by atoms with Crippen LogP contribution >= 0.6 is 0 Å². The number of fused-ring (bicyclic) bond motifs is 1. The zero-order chi connectivity index (χ0) is 12.7. The number of pyridine rings is 1. The molecule has 1 saturated carbocycles. The number of aliphatic carboxylic acids is 1. The highest BCUT2D eigenvalue weighted by atomic mass is 16.4. The molecule has 0 saturated heterocycles. The number of hydrogen-bond donors (Lipinski definition) is 1. The van der Waals surface area contributed by atoms with Gasteiger partial charge in [0.25, 0.3) is 5.56 Å². The van der Waals surface area contributed by atoms with Gasteiger partial charge in [0.15, 0.2) is 0 Å². The summed E-state index contributed by atoms with van der Waals surface area (Å²) in [7, 11) is 0. The lowest BCUT2D eigenvalue weighted by molar-refractivity contribution is -0.136. The molecular weight excluding hydrogens is 230 g/mol. The van der Waals surface area contributed by atoms with Crippen molar-refractivity contribution >= 4 is 5.97 Å². The lowest BCUT2D eigenvalue weighted by Crippen LogP contribution is -2.26. The lowest BCUT2D eigenvalue weighted by Gasteiger charge is -2.13. The van der Waals surface area contributed by atoms with E-state index < -0.39 is 5.97 Å². The van der Waals surface area contributed by atoms with Crippen LogP contribution < -0.4 is 5.56 Å². The van der Waals surface area contributed by atoms with Crippen LogP contribution in [0.15, 0.2) is 10.9 Å². The first kappa shape index (κ1) is 11.5. The molecule has 18 heavy (non-hydrogen) atoms.